The number of ketones is 1. The van der Waals surface area contributed by atoms with Crippen molar-refractivity contribution in [3.05, 3.63) is 48.2 Å². The van der Waals surface area contributed by atoms with E-state index in [1.807, 2.05) is 24.3 Å². The molecule has 1 aromatic heterocycles. The average molecular weight is 369 g/mol. The van der Waals surface area contributed by atoms with Gasteiger partial charge in [-0.3, -0.25) is 9.69 Å². The van der Waals surface area contributed by atoms with Crippen molar-refractivity contribution in [1.29, 1.82) is 0 Å². The molecule has 1 aliphatic rings. The summed E-state index contributed by atoms with van der Waals surface area (Å²) in [6, 6.07) is 7.89. The minimum Gasteiger partial charge on any atom is -0.442 e. The van der Waals surface area contributed by atoms with Gasteiger partial charge in [0, 0.05) is 13.0 Å². The smallest absolute Gasteiger partial charge is 0.263 e. The first kappa shape index (κ1) is 19.8. The zero-order valence-corrected chi connectivity index (χ0v) is 15.5. The van der Waals surface area contributed by atoms with E-state index in [-0.39, 0.29) is 11.7 Å². The van der Waals surface area contributed by atoms with Gasteiger partial charge in [0.05, 0.1) is 6.20 Å². The minimum absolute atomic E-state index is 0.00755. The highest BCUT2D eigenvalue weighted by Crippen LogP contribution is 2.24. The van der Waals surface area contributed by atoms with Gasteiger partial charge in [-0.25, -0.2) is 4.98 Å². The van der Waals surface area contributed by atoms with Crippen LogP contribution in [0.5, 0.6) is 0 Å². The summed E-state index contributed by atoms with van der Waals surface area (Å²) >= 11 is 0. The zero-order chi connectivity index (χ0) is 19.1. The number of likely N-dealkylation sites (tertiary alicyclic amines) is 1. The number of aliphatic hydroxyl groups is 2. The highest BCUT2D eigenvalue weighted by molar-refractivity contribution is 6.54. The quantitative estimate of drug-likeness (QED) is 0.396. The summed E-state index contributed by atoms with van der Waals surface area (Å²) in [4.78, 5) is 18.2. The molecule has 3 rings (SSSR count). The molecule has 1 fully saturated rings. The van der Waals surface area contributed by atoms with Gasteiger partial charge in [-0.05, 0) is 50.3 Å². The molecule has 2 N–H and O–H groups in total. The highest BCUT2D eigenvalue weighted by atomic mass is 16.5. The average Bonchev–Trinajstić information content (AvgIpc) is 3.19. The van der Waals surface area contributed by atoms with Gasteiger partial charge in [-0.1, -0.05) is 29.7 Å². The van der Waals surface area contributed by atoms with Crippen molar-refractivity contribution < 1.29 is 19.4 Å². The molecule has 0 atom stereocenters. The van der Waals surface area contributed by atoms with E-state index in [1.54, 1.807) is 0 Å². The van der Waals surface area contributed by atoms with Crippen LogP contribution in [0.1, 0.15) is 48.4 Å². The van der Waals surface area contributed by atoms with Gasteiger partial charge >= 0.3 is 0 Å². The largest absolute Gasteiger partial charge is 0.442 e. The standard InChI is InChI=1S/C20H26BN2O4/c24-18(19-22-10-13-27-19)3-1-2-15-8-11-23(12-9-15)14-16-4-6-17(7-5-16)21-20(25)26/h4-7,10,13,15,20,25-26H,1-3,8-9,11-12,14H2. The van der Waals surface area contributed by atoms with Crippen LogP contribution in [-0.4, -0.2) is 52.4 Å². The number of carbonyl (C=O) groups is 1. The molecule has 0 aliphatic carbocycles. The number of benzene rings is 1. The molecule has 2 aromatic rings. The van der Waals surface area contributed by atoms with Gasteiger partial charge in [0.25, 0.3) is 5.89 Å². The SMILES string of the molecule is O=C(CCCC1CCN(Cc2ccc([B]C(O)O)cc2)CC1)c1ncco1. The van der Waals surface area contributed by atoms with Crippen molar-refractivity contribution in [2.75, 3.05) is 13.1 Å². The number of piperidine rings is 1. The molecule has 7 heteroatoms. The lowest BCUT2D eigenvalue weighted by Gasteiger charge is -2.32. The van der Waals surface area contributed by atoms with Crippen LogP contribution in [0, 0.1) is 5.92 Å². The van der Waals surface area contributed by atoms with E-state index in [9.17, 15) is 4.79 Å². The van der Waals surface area contributed by atoms with Crippen LogP contribution in [0.15, 0.2) is 41.1 Å². The summed E-state index contributed by atoms with van der Waals surface area (Å²) in [5.41, 5.74) is 2.04. The minimum atomic E-state index is -1.42. The molecule has 1 aliphatic heterocycles. The number of nitrogens with zero attached hydrogens (tertiary/aromatic N) is 2. The molecule has 0 amide bonds. The fourth-order valence-electron chi connectivity index (χ4n) is 3.62. The second kappa shape index (κ2) is 9.83. The summed E-state index contributed by atoms with van der Waals surface area (Å²) in [6.45, 7) is 3.06. The molecular formula is C20H26BN2O4. The number of aromatic nitrogens is 1. The van der Waals surface area contributed by atoms with Crippen molar-refractivity contribution >= 4 is 18.5 Å². The summed E-state index contributed by atoms with van der Waals surface area (Å²) < 4.78 is 5.04. The molecule has 1 saturated heterocycles. The normalized spacial score (nSPS) is 16.0. The topological polar surface area (TPSA) is 86.8 Å². The number of aliphatic hydroxyl groups excluding tert-OH is 1. The van der Waals surface area contributed by atoms with Crippen molar-refractivity contribution in [3.63, 3.8) is 0 Å². The Morgan fingerprint density at radius 3 is 2.63 bits per heavy atom. The van der Waals surface area contributed by atoms with E-state index >= 15 is 0 Å². The first-order chi connectivity index (χ1) is 13.1. The van der Waals surface area contributed by atoms with Crippen molar-refractivity contribution in [3.8, 4) is 0 Å². The molecular weight excluding hydrogens is 343 g/mol. The molecule has 0 unspecified atom stereocenters. The third kappa shape index (κ3) is 6.31. The Labute approximate surface area is 160 Å². The molecule has 1 radical (unpaired) electrons. The molecule has 1 aromatic carbocycles. The maximum atomic E-state index is 11.9. The van der Waals surface area contributed by atoms with Crippen LogP contribution in [0.2, 0.25) is 0 Å². The molecule has 2 heterocycles. The van der Waals surface area contributed by atoms with E-state index in [0.29, 0.717) is 12.3 Å². The molecule has 6 nitrogen and oxygen atoms in total. The summed E-state index contributed by atoms with van der Waals surface area (Å²) in [6.07, 6.45) is 6.32. The van der Waals surface area contributed by atoms with E-state index < -0.39 is 6.19 Å². The van der Waals surface area contributed by atoms with E-state index in [4.69, 9.17) is 14.6 Å². The predicted octanol–water partition coefficient (Wildman–Crippen LogP) is 1.54. The highest BCUT2D eigenvalue weighted by Gasteiger charge is 2.20. The number of oxazole rings is 1. The molecule has 27 heavy (non-hydrogen) atoms. The van der Waals surface area contributed by atoms with Crippen LogP contribution in [0.25, 0.3) is 0 Å². The third-order valence-electron chi connectivity index (χ3n) is 5.12. The predicted molar refractivity (Wildman–Crippen MR) is 103 cm³/mol. The Morgan fingerprint density at radius 1 is 1.26 bits per heavy atom. The van der Waals surface area contributed by atoms with Gasteiger partial charge in [0.1, 0.15) is 12.5 Å². The lowest BCUT2D eigenvalue weighted by atomic mass is 9.69. The van der Waals surface area contributed by atoms with E-state index in [2.05, 4.69) is 9.88 Å². The Balaban J connectivity index is 1.34. The number of hydrogen-bond acceptors (Lipinski definition) is 6. The molecule has 0 saturated carbocycles. The number of Topliss-reactive ketones (excluding diaryl/α,β-unsaturated/α-hetero) is 1. The monoisotopic (exact) mass is 369 g/mol. The van der Waals surface area contributed by atoms with Crippen molar-refractivity contribution in [2.45, 2.75) is 44.8 Å². The van der Waals surface area contributed by atoms with Crippen LogP contribution in [0.4, 0.5) is 0 Å². The lowest BCUT2D eigenvalue weighted by molar-refractivity contribution is 0.0304. The third-order valence-corrected chi connectivity index (χ3v) is 5.12. The summed E-state index contributed by atoms with van der Waals surface area (Å²) in [7, 11) is 1.40. The molecule has 143 valence electrons. The van der Waals surface area contributed by atoms with Crippen LogP contribution in [0.3, 0.4) is 0 Å². The van der Waals surface area contributed by atoms with Crippen molar-refractivity contribution in [1.82, 2.24) is 9.88 Å². The Morgan fingerprint density at radius 2 is 2.00 bits per heavy atom. The molecule has 0 spiro atoms. The van der Waals surface area contributed by atoms with Gasteiger partial charge in [-0.2, -0.15) is 0 Å². The van der Waals surface area contributed by atoms with Gasteiger partial charge in [-0.15, -0.1) is 0 Å². The Kier molecular flexibility index (Phi) is 7.21. The fraction of sp³-hybridized carbons (Fsp3) is 0.500. The number of carbonyl (C=O) groups excluding carboxylic acids is 1. The first-order valence-electron chi connectivity index (χ1n) is 9.55. The Bertz CT molecular complexity index is 695. The lowest BCUT2D eigenvalue weighted by Crippen LogP contribution is -2.33. The van der Waals surface area contributed by atoms with Crippen LogP contribution < -0.4 is 5.46 Å². The first-order valence-corrected chi connectivity index (χ1v) is 9.55. The zero-order valence-electron chi connectivity index (χ0n) is 15.5. The second-order valence-electron chi connectivity index (χ2n) is 7.19. The number of rotatable bonds is 9. The summed E-state index contributed by atoms with van der Waals surface area (Å²) in [5, 5.41) is 17.9. The Hall–Kier alpha value is -1.96. The second-order valence-corrected chi connectivity index (χ2v) is 7.19. The van der Waals surface area contributed by atoms with Gasteiger partial charge < -0.3 is 14.6 Å². The maximum Gasteiger partial charge on any atom is 0.263 e. The molecule has 0 bridgehead atoms. The van der Waals surface area contributed by atoms with Crippen LogP contribution >= 0.6 is 0 Å². The maximum absolute atomic E-state index is 11.9. The van der Waals surface area contributed by atoms with Gasteiger partial charge in [0.15, 0.2) is 0 Å². The number of hydrogen-bond donors (Lipinski definition) is 2. The van der Waals surface area contributed by atoms with Crippen LogP contribution in [-0.2, 0) is 6.54 Å². The van der Waals surface area contributed by atoms with E-state index in [0.717, 1.165) is 50.8 Å². The van der Waals surface area contributed by atoms with Crippen molar-refractivity contribution in [2.24, 2.45) is 5.92 Å². The summed E-state index contributed by atoms with van der Waals surface area (Å²) in [5.74, 6) is 0.899. The fourth-order valence-corrected chi connectivity index (χ4v) is 3.62. The van der Waals surface area contributed by atoms with Gasteiger partial charge in [0.2, 0.25) is 13.1 Å². The van der Waals surface area contributed by atoms with E-state index in [1.165, 1.54) is 25.3 Å².